The van der Waals surface area contributed by atoms with E-state index in [1.54, 1.807) is 27.4 Å². The Balaban J connectivity index is 2.42. The molecule has 7 heteroatoms. The molecule has 0 heterocycles. The monoisotopic (exact) mass is 354 g/mol. The lowest BCUT2D eigenvalue weighted by molar-refractivity contribution is 0.402. The third-order valence-corrected chi connectivity index (χ3v) is 3.52. The number of benzene rings is 2. The van der Waals surface area contributed by atoms with Crippen LogP contribution in [0.4, 0.5) is 0 Å². The first-order valence-electron chi connectivity index (χ1n) is 7.78. The molecule has 0 aromatic heterocycles. The van der Waals surface area contributed by atoms with Gasteiger partial charge < -0.3 is 25.7 Å². The molecule has 0 atom stereocenters. The van der Waals surface area contributed by atoms with Gasteiger partial charge in [0, 0.05) is 11.1 Å². The summed E-state index contributed by atoms with van der Waals surface area (Å²) in [5.41, 5.74) is 13.0. The molecule has 7 nitrogen and oxygen atoms in total. The van der Waals surface area contributed by atoms with Gasteiger partial charge in [0.25, 0.3) is 0 Å². The van der Waals surface area contributed by atoms with Gasteiger partial charge in [-0.25, -0.2) is 0 Å². The van der Waals surface area contributed by atoms with E-state index in [4.69, 9.17) is 25.7 Å². The number of rotatable bonds is 7. The molecule has 0 aliphatic carbocycles. The Morgan fingerprint density at radius 2 is 1.50 bits per heavy atom. The standard InChI is InChI=1S/C19H22N4O3/c1-24-15-7-4-13(5-8-15)17(22-23-19(20)21)10-6-14-12-16(25-2)9-11-18(14)26-3/h4-12H,1-3H3,(H4,20,21,23)/b10-6+,22-17-. The fourth-order valence-electron chi connectivity index (χ4n) is 2.20. The van der Waals surface area contributed by atoms with Crippen molar-refractivity contribution in [3.63, 3.8) is 0 Å². The molecular weight excluding hydrogens is 332 g/mol. The quantitative estimate of drug-likeness (QED) is 0.451. The van der Waals surface area contributed by atoms with Crippen LogP contribution in [0.15, 0.2) is 58.7 Å². The highest BCUT2D eigenvalue weighted by Crippen LogP contribution is 2.25. The van der Waals surface area contributed by atoms with Crippen molar-refractivity contribution in [1.29, 1.82) is 0 Å². The number of methoxy groups -OCH3 is 3. The van der Waals surface area contributed by atoms with Gasteiger partial charge in [-0.1, -0.05) is 0 Å². The predicted molar refractivity (Wildman–Crippen MR) is 104 cm³/mol. The number of allylic oxidation sites excluding steroid dienone is 1. The van der Waals surface area contributed by atoms with Gasteiger partial charge in [-0.3, -0.25) is 0 Å². The summed E-state index contributed by atoms with van der Waals surface area (Å²) in [6.07, 6.45) is 3.65. The Morgan fingerprint density at radius 1 is 0.846 bits per heavy atom. The molecule has 0 saturated carbocycles. The van der Waals surface area contributed by atoms with E-state index in [2.05, 4.69) is 10.2 Å². The normalized spacial score (nSPS) is 11.3. The Morgan fingerprint density at radius 3 is 2.08 bits per heavy atom. The Labute approximate surface area is 152 Å². The smallest absolute Gasteiger partial charge is 0.211 e. The molecule has 0 aliphatic rings. The molecule has 0 radical (unpaired) electrons. The van der Waals surface area contributed by atoms with Crippen molar-refractivity contribution in [3.05, 3.63) is 59.7 Å². The summed E-state index contributed by atoms with van der Waals surface area (Å²) >= 11 is 0. The number of nitrogens with two attached hydrogens (primary N) is 2. The average molecular weight is 354 g/mol. The van der Waals surface area contributed by atoms with Crippen LogP contribution in [0.3, 0.4) is 0 Å². The average Bonchev–Trinajstić information content (AvgIpc) is 2.67. The molecule has 0 amide bonds. The van der Waals surface area contributed by atoms with E-state index >= 15 is 0 Å². The predicted octanol–water partition coefficient (Wildman–Crippen LogP) is 2.40. The van der Waals surface area contributed by atoms with E-state index in [1.165, 1.54) is 0 Å². The lowest BCUT2D eigenvalue weighted by Crippen LogP contribution is -2.22. The largest absolute Gasteiger partial charge is 0.497 e. The van der Waals surface area contributed by atoms with Crippen LogP contribution in [-0.2, 0) is 0 Å². The van der Waals surface area contributed by atoms with Crippen LogP contribution in [0.2, 0.25) is 0 Å². The van der Waals surface area contributed by atoms with E-state index in [0.29, 0.717) is 11.5 Å². The summed E-state index contributed by atoms with van der Waals surface area (Å²) in [6.45, 7) is 0. The molecule has 0 fully saturated rings. The minimum atomic E-state index is -0.122. The zero-order valence-electron chi connectivity index (χ0n) is 15.0. The summed E-state index contributed by atoms with van der Waals surface area (Å²) in [5, 5.41) is 7.87. The van der Waals surface area contributed by atoms with Crippen LogP contribution in [0.5, 0.6) is 17.2 Å². The van der Waals surface area contributed by atoms with Crippen molar-refractivity contribution in [1.82, 2.24) is 0 Å². The SMILES string of the molecule is COc1ccc(C(/C=C/c2cc(OC)ccc2OC)=N\N=C(N)N)cc1. The maximum atomic E-state index is 5.40. The number of hydrogen-bond acceptors (Lipinski definition) is 5. The van der Waals surface area contributed by atoms with Gasteiger partial charge in [0.1, 0.15) is 17.2 Å². The topological polar surface area (TPSA) is 104 Å². The fraction of sp³-hybridized carbons (Fsp3) is 0.158. The number of guanidine groups is 1. The first kappa shape index (κ1) is 18.9. The maximum Gasteiger partial charge on any atom is 0.211 e. The summed E-state index contributed by atoms with van der Waals surface area (Å²) in [4.78, 5) is 0. The van der Waals surface area contributed by atoms with Gasteiger partial charge in [0.2, 0.25) is 5.96 Å². The van der Waals surface area contributed by atoms with Crippen LogP contribution in [0.25, 0.3) is 6.08 Å². The molecule has 2 aromatic rings. The summed E-state index contributed by atoms with van der Waals surface area (Å²) in [7, 11) is 4.83. The molecule has 0 unspecified atom stereocenters. The minimum Gasteiger partial charge on any atom is -0.497 e. The van der Waals surface area contributed by atoms with Gasteiger partial charge in [-0.2, -0.15) is 0 Å². The number of nitrogens with zero attached hydrogens (tertiary/aromatic N) is 2. The van der Waals surface area contributed by atoms with Crippen LogP contribution < -0.4 is 25.7 Å². The van der Waals surface area contributed by atoms with Crippen molar-refractivity contribution in [2.75, 3.05) is 21.3 Å². The molecule has 0 saturated heterocycles. The lowest BCUT2D eigenvalue weighted by Gasteiger charge is -2.07. The highest BCUT2D eigenvalue weighted by atomic mass is 16.5. The lowest BCUT2D eigenvalue weighted by atomic mass is 10.1. The molecule has 0 bridgehead atoms. The Bertz CT molecular complexity index is 823. The van der Waals surface area contributed by atoms with Crippen LogP contribution >= 0.6 is 0 Å². The molecule has 4 N–H and O–H groups in total. The van der Waals surface area contributed by atoms with Crippen molar-refractivity contribution >= 4 is 17.7 Å². The minimum absolute atomic E-state index is 0.122. The van der Waals surface area contributed by atoms with Crippen LogP contribution in [0.1, 0.15) is 11.1 Å². The fourth-order valence-corrected chi connectivity index (χ4v) is 2.20. The first-order chi connectivity index (χ1) is 12.6. The zero-order chi connectivity index (χ0) is 18.9. The van der Waals surface area contributed by atoms with Gasteiger partial charge in [-0.15, -0.1) is 10.2 Å². The summed E-state index contributed by atoms with van der Waals surface area (Å²) in [5.74, 6) is 2.05. The second-order valence-electron chi connectivity index (χ2n) is 5.18. The molecule has 136 valence electrons. The summed E-state index contributed by atoms with van der Waals surface area (Å²) < 4.78 is 15.8. The zero-order valence-corrected chi connectivity index (χ0v) is 15.0. The Hall–Kier alpha value is -3.48. The van der Waals surface area contributed by atoms with Crippen molar-refractivity contribution in [3.8, 4) is 17.2 Å². The second kappa shape index (κ2) is 9.12. The van der Waals surface area contributed by atoms with Gasteiger partial charge in [0.15, 0.2) is 0 Å². The first-order valence-corrected chi connectivity index (χ1v) is 7.78. The molecule has 0 aliphatic heterocycles. The van der Waals surface area contributed by atoms with Crippen LogP contribution in [-0.4, -0.2) is 33.0 Å². The van der Waals surface area contributed by atoms with Crippen molar-refractivity contribution < 1.29 is 14.2 Å². The highest BCUT2D eigenvalue weighted by molar-refractivity contribution is 6.11. The van der Waals surface area contributed by atoms with Gasteiger partial charge in [-0.05, 0) is 54.6 Å². The molecule has 2 aromatic carbocycles. The third kappa shape index (κ3) is 5.01. The maximum absolute atomic E-state index is 5.40. The van der Waals surface area contributed by atoms with Gasteiger partial charge in [0.05, 0.1) is 27.0 Å². The van der Waals surface area contributed by atoms with E-state index in [9.17, 15) is 0 Å². The molecule has 26 heavy (non-hydrogen) atoms. The second-order valence-corrected chi connectivity index (χ2v) is 5.18. The van der Waals surface area contributed by atoms with Gasteiger partial charge >= 0.3 is 0 Å². The number of hydrogen-bond donors (Lipinski definition) is 2. The Kier molecular flexibility index (Phi) is 6.61. The van der Waals surface area contributed by atoms with Crippen molar-refractivity contribution in [2.45, 2.75) is 0 Å². The van der Waals surface area contributed by atoms with E-state index < -0.39 is 0 Å². The van der Waals surface area contributed by atoms with Crippen LogP contribution in [0, 0.1) is 0 Å². The highest BCUT2D eigenvalue weighted by Gasteiger charge is 2.05. The van der Waals surface area contributed by atoms with E-state index in [-0.39, 0.29) is 5.96 Å². The summed E-state index contributed by atoms with van der Waals surface area (Å²) in [6, 6.07) is 12.9. The van der Waals surface area contributed by atoms with Crippen molar-refractivity contribution in [2.24, 2.45) is 21.7 Å². The molecular formula is C19H22N4O3. The van der Waals surface area contributed by atoms with E-state index in [1.807, 2.05) is 48.5 Å². The molecule has 0 spiro atoms. The van der Waals surface area contributed by atoms with E-state index in [0.717, 1.165) is 22.6 Å². The number of ether oxygens (including phenoxy) is 3. The third-order valence-electron chi connectivity index (χ3n) is 3.52. The molecule has 2 rings (SSSR count).